The van der Waals surface area contributed by atoms with Crippen LogP contribution in [0.2, 0.25) is 5.02 Å². The Balaban J connectivity index is 1.82. The number of ether oxygens (including phenoxy) is 2. The number of hydrogen-bond donors (Lipinski definition) is 1. The molecule has 1 heterocycles. The average molecular weight is 438 g/mol. The summed E-state index contributed by atoms with van der Waals surface area (Å²) in [5.41, 5.74) is 3.73. The maximum absolute atomic E-state index is 9.25. The van der Waals surface area contributed by atoms with E-state index in [9.17, 15) is 5.11 Å². The predicted molar refractivity (Wildman–Crippen MR) is 126 cm³/mol. The summed E-state index contributed by atoms with van der Waals surface area (Å²) in [7, 11) is 0. The molecule has 0 aliphatic rings. The van der Waals surface area contributed by atoms with Gasteiger partial charge in [0.15, 0.2) is 0 Å². The number of halogens is 1. The fourth-order valence-corrected chi connectivity index (χ4v) is 3.38. The number of pyridine rings is 1. The Hall–Kier alpha value is -2.98. The fraction of sp³-hybridized carbons (Fsp3) is 0.269. The molecule has 0 amide bonds. The molecule has 31 heavy (non-hydrogen) atoms. The second kappa shape index (κ2) is 10.9. The van der Waals surface area contributed by atoms with Crippen molar-refractivity contribution in [2.75, 3.05) is 6.61 Å². The molecular weight excluding hydrogens is 410 g/mol. The summed E-state index contributed by atoms with van der Waals surface area (Å²) in [6.07, 6.45) is 2.83. The first-order valence-corrected chi connectivity index (χ1v) is 10.8. The van der Waals surface area contributed by atoms with Gasteiger partial charge in [-0.1, -0.05) is 49.7 Å². The van der Waals surface area contributed by atoms with Gasteiger partial charge in [-0.05, 0) is 67.8 Å². The molecule has 2 aromatic carbocycles. The van der Waals surface area contributed by atoms with Crippen LogP contribution in [-0.4, -0.2) is 16.7 Å². The fourth-order valence-electron chi connectivity index (χ4n) is 3.25. The van der Waals surface area contributed by atoms with Crippen LogP contribution in [0.15, 0.2) is 73.0 Å². The van der Waals surface area contributed by atoms with Crippen molar-refractivity contribution in [3.05, 3.63) is 89.3 Å². The van der Waals surface area contributed by atoms with E-state index in [0.29, 0.717) is 10.8 Å². The first-order valence-electron chi connectivity index (χ1n) is 10.5. The van der Waals surface area contributed by atoms with E-state index >= 15 is 0 Å². The van der Waals surface area contributed by atoms with Crippen LogP contribution in [0.3, 0.4) is 0 Å². The summed E-state index contributed by atoms with van der Waals surface area (Å²) in [4.78, 5) is 4.88. The lowest BCUT2D eigenvalue weighted by molar-refractivity contribution is 0.186. The van der Waals surface area contributed by atoms with Gasteiger partial charge in [0.1, 0.15) is 30.0 Å². The molecule has 1 aromatic heterocycles. The third-order valence-electron chi connectivity index (χ3n) is 4.88. The van der Waals surface area contributed by atoms with E-state index in [1.807, 2.05) is 67.6 Å². The molecule has 3 rings (SSSR count). The van der Waals surface area contributed by atoms with E-state index < -0.39 is 0 Å². The third-order valence-corrected chi connectivity index (χ3v) is 5.13. The van der Waals surface area contributed by atoms with Crippen LogP contribution >= 0.6 is 11.6 Å². The molecular formula is C26H28ClNO3. The van der Waals surface area contributed by atoms with Crippen LogP contribution in [0.4, 0.5) is 0 Å². The maximum Gasteiger partial charge on any atom is 0.144 e. The number of aliphatic hydroxyl groups excluding tert-OH is 1. The van der Waals surface area contributed by atoms with Gasteiger partial charge in [0.05, 0.1) is 11.4 Å². The number of aliphatic hydroxyl groups is 1. The maximum atomic E-state index is 9.25. The molecule has 5 heteroatoms. The van der Waals surface area contributed by atoms with E-state index in [1.165, 1.54) is 0 Å². The molecule has 0 saturated carbocycles. The lowest BCUT2D eigenvalue weighted by atomic mass is 10.1. The predicted octanol–water partition coefficient (Wildman–Crippen LogP) is 7.47. The second-order valence-corrected chi connectivity index (χ2v) is 7.92. The Bertz CT molecular complexity index is 1020. The highest BCUT2D eigenvalue weighted by Gasteiger charge is 2.16. The Morgan fingerprint density at radius 3 is 2.58 bits per heavy atom. The van der Waals surface area contributed by atoms with Crippen molar-refractivity contribution in [3.8, 4) is 22.8 Å². The highest BCUT2D eigenvalue weighted by Crippen LogP contribution is 2.30. The third kappa shape index (κ3) is 6.50. The zero-order valence-electron chi connectivity index (χ0n) is 18.0. The van der Waals surface area contributed by atoms with E-state index in [-0.39, 0.29) is 18.5 Å². The molecule has 0 radical (unpaired) electrons. The summed E-state index contributed by atoms with van der Waals surface area (Å²) in [5.74, 6) is 1.44. The summed E-state index contributed by atoms with van der Waals surface area (Å²) in [6, 6.07) is 19.4. The average Bonchev–Trinajstić information content (AvgIpc) is 2.76. The number of benzene rings is 2. The number of rotatable bonds is 10. The van der Waals surface area contributed by atoms with E-state index in [0.717, 1.165) is 47.5 Å². The number of aromatic nitrogens is 1. The van der Waals surface area contributed by atoms with Crippen molar-refractivity contribution in [1.82, 2.24) is 4.98 Å². The summed E-state index contributed by atoms with van der Waals surface area (Å²) in [6.45, 7) is 7.63. The zero-order valence-corrected chi connectivity index (χ0v) is 18.7. The highest BCUT2D eigenvalue weighted by atomic mass is 35.5. The lowest BCUT2D eigenvalue weighted by Gasteiger charge is -2.20. The minimum atomic E-state index is -0.157. The van der Waals surface area contributed by atoms with Gasteiger partial charge in [-0.3, -0.25) is 0 Å². The van der Waals surface area contributed by atoms with Gasteiger partial charge < -0.3 is 14.6 Å². The van der Waals surface area contributed by atoms with Crippen molar-refractivity contribution < 1.29 is 14.6 Å². The highest BCUT2D eigenvalue weighted by molar-refractivity contribution is 6.30. The lowest BCUT2D eigenvalue weighted by Crippen LogP contribution is -2.10. The summed E-state index contributed by atoms with van der Waals surface area (Å²) < 4.78 is 11.9. The number of nitrogens with zero attached hydrogens (tertiary/aromatic N) is 1. The van der Waals surface area contributed by atoms with Crippen molar-refractivity contribution in [1.29, 1.82) is 0 Å². The Morgan fingerprint density at radius 1 is 1.13 bits per heavy atom. The summed E-state index contributed by atoms with van der Waals surface area (Å²) in [5, 5.41) is 9.95. The van der Waals surface area contributed by atoms with Crippen molar-refractivity contribution in [3.63, 3.8) is 0 Å². The van der Waals surface area contributed by atoms with Gasteiger partial charge in [-0.15, -0.1) is 0 Å². The SMILES string of the molecule is C=C(O)COc1ccc(OC(CCCC)c2cccc(-c3ccc(Cl)cc3)n2)cc1C. The molecule has 0 spiro atoms. The van der Waals surface area contributed by atoms with E-state index in [4.69, 9.17) is 26.1 Å². The van der Waals surface area contributed by atoms with Crippen LogP contribution in [0.25, 0.3) is 11.3 Å². The van der Waals surface area contributed by atoms with Crippen molar-refractivity contribution in [2.24, 2.45) is 0 Å². The molecule has 1 atom stereocenters. The molecule has 1 N–H and O–H groups in total. The monoisotopic (exact) mass is 437 g/mol. The normalized spacial score (nSPS) is 11.7. The van der Waals surface area contributed by atoms with Crippen LogP contribution < -0.4 is 9.47 Å². The smallest absolute Gasteiger partial charge is 0.144 e. The van der Waals surface area contributed by atoms with E-state index in [1.54, 1.807) is 0 Å². The number of aryl methyl sites for hydroxylation is 1. The summed E-state index contributed by atoms with van der Waals surface area (Å²) >= 11 is 6.02. The quantitative estimate of drug-likeness (QED) is 0.334. The minimum Gasteiger partial charge on any atom is -0.509 e. The Labute approximate surface area is 189 Å². The van der Waals surface area contributed by atoms with Crippen LogP contribution in [0.5, 0.6) is 11.5 Å². The Kier molecular flexibility index (Phi) is 7.96. The molecule has 0 fully saturated rings. The van der Waals surface area contributed by atoms with Gasteiger partial charge in [0.2, 0.25) is 0 Å². The number of hydrogen-bond acceptors (Lipinski definition) is 4. The largest absolute Gasteiger partial charge is 0.509 e. The van der Waals surface area contributed by atoms with Gasteiger partial charge >= 0.3 is 0 Å². The van der Waals surface area contributed by atoms with Crippen LogP contribution in [0.1, 0.15) is 43.5 Å². The molecule has 1 unspecified atom stereocenters. The second-order valence-electron chi connectivity index (χ2n) is 7.49. The Morgan fingerprint density at radius 2 is 1.90 bits per heavy atom. The van der Waals surface area contributed by atoms with Gasteiger partial charge in [0, 0.05) is 10.6 Å². The molecule has 0 bridgehead atoms. The van der Waals surface area contributed by atoms with Crippen LogP contribution in [0, 0.1) is 6.92 Å². The van der Waals surface area contributed by atoms with Crippen molar-refractivity contribution in [2.45, 2.75) is 39.2 Å². The first kappa shape index (κ1) is 22.7. The molecule has 0 aliphatic carbocycles. The first-order chi connectivity index (χ1) is 15.0. The van der Waals surface area contributed by atoms with Gasteiger partial charge in [0.25, 0.3) is 0 Å². The molecule has 4 nitrogen and oxygen atoms in total. The molecule has 0 aliphatic heterocycles. The standard InChI is InChI=1S/C26H28ClNO3/c1-4-5-9-26(31-22-14-15-25(18(2)16-22)30-17-19(3)29)24-8-6-7-23(28-24)20-10-12-21(27)13-11-20/h6-8,10-16,26,29H,3-5,9,17H2,1-2H3. The van der Waals surface area contributed by atoms with Crippen LogP contribution in [-0.2, 0) is 0 Å². The topological polar surface area (TPSA) is 51.6 Å². The molecule has 3 aromatic rings. The minimum absolute atomic E-state index is 0.00833. The number of unbranched alkanes of at least 4 members (excludes halogenated alkanes) is 1. The van der Waals surface area contributed by atoms with Crippen molar-refractivity contribution >= 4 is 11.6 Å². The molecule has 162 valence electrons. The molecule has 0 saturated heterocycles. The van der Waals surface area contributed by atoms with Gasteiger partial charge in [-0.2, -0.15) is 0 Å². The van der Waals surface area contributed by atoms with Gasteiger partial charge in [-0.25, -0.2) is 4.98 Å². The zero-order chi connectivity index (χ0) is 22.2. The van der Waals surface area contributed by atoms with E-state index in [2.05, 4.69) is 13.5 Å².